The Labute approximate surface area is 635 Å². The number of rotatable bonds is 20. The van der Waals surface area contributed by atoms with E-state index in [4.69, 9.17) is 18.9 Å². The number of aromatic carboxylic acids is 3. The van der Waals surface area contributed by atoms with Crippen LogP contribution in [0.4, 0.5) is 0 Å². The zero-order chi connectivity index (χ0) is 73.7. The molecule has 554 valence electrons. The number of hydrogen-bond donors (Lipinski definition) is 6. The Kier molecular flexibility index (Phi) is 26.7. The first kappa shape index (κ1) is 79.4. The third-order valence-corrected chi connectivity index (χ3v) is 18.8. The smallest absolute Gasteiger partial charge is 0.339 e. The summed E-state index contributed by atoms with van der Waals surface area (Å²) in [5, 5.41) is 57.2. The minimum Gasteiger partial charge on any atom is -0.507 e. The van der Waals surface area contributed by atoms with Crippen LogP contribution in [0, 0.1) is 6.92 Å². The van der Waals surface area contributed by atoms with Crippen molar-refractivity contribution in [3.05, 3.63) is 314 Å². The summed E-state index contributed by atoms with van der Waals surface area (Å²) in [6.07, 6.45) is 4.20. The average Bonchev–Trinajstić information content (AvgIpc) is 1.33. The molecule has 2 aliphatic heterocycles. The maximum atomic E-state index is 13.6. The van der Waals surface area contributed by atoms with Gasteiger partial charge in [-0.05, 0) is 178 Å². The molecule has 20 heteroatoms. The number of carbonyl (C=O) groups is 6. The maximum absolute atomic E-state index is 13.6. The number of nitrogens with zero attached hydrogens (tertiary/aromatic N) is 3. The lowest BCUT2D eigenvalue weighted by Crippen LogP contribution is -2.38. The Bertz CT molecular complexity index is 4990. The molecule has 0 unspecified atom stereocenters. The number of benzene rings is 11. The van der Waals surface area contributed by atoms with Crippen LogP contribution in [0.3, 0.4) is 0 Å². The average molecular weight is 1520 g/mol. The molecular weight excluding hydrogens is 1430 g/mol. The van der Waals surface area contributed by atoms with Crippen molar-refractivity contribution in [3.8, 4) is 73.6 Å². The van der Waals surface area contributed by atoms with E-state index in [0.717, 1.165) is 80.2 Å². The molecule has 3 amide bonds. The van der Waals surface area contributed by atoms with Gasteiger partial charge in [0, 0.05) is 59.9 Å². The number of aryl methyl sites for hydroxylation is 1. The molecule has 108 heavy (non-hydrogen) atoms. The van der Waals surface area contributed by atoms with E-state index in [0.29, 0.717) is 89.1 Å². The second-order valence-corrected chi connectivity index (χ2v) is 26.4. The monoisotopic (exact) mass is 1520 g/mol. The van der Waals surface area contributed by atoms with Crippen LogP contribution in [0.2, 0.25) is 0 Å². The normalized spacial score (nSPS) is 12.1. The summed E-state index contributed by atoms with van der Waals surface area (Å²) in [7, 11) is 0. The molecule has 19 nitrogen and oxygen atoms in total. The number of carbonyl (C=O) groups excluding carboxylic acids is 3. The second-order valence-electron chi connectivity index (χ2n) is 25.5. The van der Waals surface area contributed by atoms with Crippen molar-refractivity contribution >= 4 is 51.6 Å². The highest BCUT2D eigenvalue weighted by Crippen LogP contribution is 2.37. The van der Waals surface area contributed by atoms with Gasteiger partial charge in [0.25, 0.3) is 17.7 Å². The minimum atomic E-state index is -1.19. The fourth-order valence-corrected chi connectivity index (χ4v) is 12.9. The minimum absolute atomic E-state index is 0. The molecule has 11 aromatic rings. The van der Waals surface area contributed by atoms with Gasteiger partial charge in [-0.2, -0.15) is 0 Å². The van der Waals surface area contributed by atoms with E-state index in [1.54, 1.807) is 76.5 Å². The molecule has 0 aromatic heterocycles. The third kappa shape index (κ3) is 19.6. The predicted molar refractivity (Wildman–Crippen MR) is 418 cm³/mol. The Balaban J connectivity index is 0.000000185. The Morgan fingerprint density at radius 3 is 1.07 bits per heavy atom. The van der Waals surface area contributed by atoms with Crippen LogP contribution in [0.25, 0.3) is 33.4 Å². The van der Waals surface area contributed by atoms with Crippen molar-refractivity contribution in [1.82, 2.24) is 14.7 Å². The summed E-state index contributed by atoms with van der Waals surface area (Å²) in [5.41, 5.74) is 11.8. The highest BCUT2D eigenvalue weighted by Gasteiger charge is 2.30. The lowest BCUT2D eigenvalue weighted by atomic mass is 10.0. The maximum Gasteiger partial charge on any atom is 0.339 e. The quantitative estimate of drug-likeness (QED) is 0.0414. The number of carboxylic acid groups (broad SMARTS) is 3. The van der Waals surface area contributed by atoms with Gasteiger partial charge in [0.05, 0.1) is 0 Å². The Hall–Kier alpha value is -12.7. The third-order valence-electron chi connectivity index (χ3n) is 18.3. The number of hydrogen-bond acceptors (Lipinski definition) is 13. The molecule has 0 atom stereocenters. The van der Waals surface area contributed by atoms with Crippen LogP contribution in [0.15, 0.2) is 247 Å². The molecule has 14 rings (SSSR count). The molecule has 1 aliphatic carbocycles. The van der Waals surface area contributed by atoms with E-state index in [2.05, 4.69) is 15.9 Å². The molecule has 3 aliphatic rings. The number of carboxylic acids is 3. The zero-order valence-corrected chi connectivity index (χ0v) is 58.5. The van der Waals surface area contributed by atoms with Crippen molar-refractivity contribution in [2.75, 3.05) is 13.6 Å². The van der Waals surface area contributed by atoms with Crippen LogP contribution < -0.4 is 18.9 Å². The number of halogens is 1. The van der Waals surface area contributed by atoms with Crippen LogP contribution in [0.5, 0.6) is 40.2 Å². The van der Waals surface area contributed by atoms with E-state index in [-0.39, 0.29) is 93.6 Å². The summed E-state index contributed by atoms with van der Waals surface area (Å²) in [4.78, 5) is 80.0. The first-order valence-corrected chi connectivity index (χ1v) is 34.6. The van der Waals surface area contributed by atoms with Crippen LogP contribution >= 0.6 is 15.9 Å². The lowest BCUT2D eigenvalue weighted by molar-refractivity contribution is 0.0659. The first-order valence-electron chi connectivity index (χ1n) is 33.8. The molecule has 1 fully saturated rings. The van der Waals surface area contributed by atoms with E-state index in [9.17, 15) is 59.4 Å². The zero-order valence-electron chi connectivity index (χ0n) is 56.9. The number of phenols is 3. The molecular formula is C88H84BrN3O16. The number of fused-ring (bicyclic) bond motifs is 2. The molecule has 0 radical (unpaired) electrons. The molecule has 0 bridgehead atoms. The molecule has 0 spiro atoms. The molecule has 11 aromatic carbocycles. The van der Waals surface area contributed by atoms with Gasteiger partial charge in [-0.15, -0.1) is 0 Å². The van der Waals surface area contributed by atoms with Gasteiger partial charge in [-0.3, -0.25) is 14.4 Å². The van der Waals surface area contributed by atoms with Crippen LogP contribution in [0.1, 0.15) is 143 Å². The van der Waals surface area contributed by atoms with Gasteiger partial charge in [0.1, 0.15) is 33.9 Å². The topological polar surface area (TPSA) is 270 Å². The second kappa shape index (κ2) is 36.4. The fourth-order valence-electron chi connectivity index (χ4n) is 12.6. The van der Waals surface area contributed by atoms with Crippen molar-refractivity contribution in [2.45, 2.75) is 93.7 Å². The Morgan fingerprint density at radius 1 is 0.361 bits per heavy atom. The largest absolute Gasteiger partial charge is 0.507 e. The lowest BCUT2D eigenvalue weighted by Gasteiger charge is -2.29. The highest BCUT2D eigenvalue weighted by atomic mass is 79.9. The van der Waals surface area contributed by atoms with Crippen molar-refractivity contribution < 1.29 is 78.4 Å². The van der Waals surface area contributed by atoms with Gasteiger partial charge >= 0.3 is 17.9 Å². The number of amides is 3. The SMILES string of the molecule is C.C.C.Cc1ccc(CN(Cc2ccc(-c3ccc(O)c(C(=O)O)c3)cc2)C(=O)c2ccc3c(c2)OCO3)cc1.O=C(O)c1cc(-c2ccc(CN(C(=O)c3ccc4c(c3)OCO4)C3CCCC3)cc2)ccc1O.O=C(O)c1cc(-c2ccc(CN(Cc3ccccc3)C(=O)c3ccc(Br)cc3)cc2)ccc1O. The molecule has 6 N–H and O–H groups in total. The van der Waals surface area contributed by atoms with Crippen LogP contribution in [-0.4, -0.2) is 101 Å². The molecule has 1 saturated carbocycles. The van der Waals surface area contributed by atoms with E-state index in [1.807, 2.05) is 151 Å². The molecule has 2 heterocycles. The van der Waals surface area contributed by atoms with Gasteiger partial charge in [0.2, 0.25) is 13.6 Å². The summed E-state index contributed by atoms with van der Waals surface area (Å²) in [5.74, 6) is -2.15. The summed E-state index contributed by atoms with van der Waals surface area (Å²) in [6.45, 7) is 4.49. The van der Waals surface area contributed by atoms with E-state index < -0.39 is 17.9 Å². The van der Waals surface area contributed by atoms with Crippen molar-refractivity contribution in [1.29, 1.82) is 0 Å². The predicted octanol–water partition coefficient (Wildman–Crippen LogP) is 19.0. The van der Waals surface area contributed by atoms with Crippen molar-refractivity contribution in [3.63, 3.8) is 0 Å². The van der Waals surface area contributed by atoms with E-state index >= 15 is 0 Å². The standard InChI is InChI=1S/C30H25NO6.C28H22BrNO4.C27H25NO6.3CH4/c1-19-2-4-20(5-3-19)16-31(29(33)24-11-13-27-28(15-24)37-18-36-27)17-21-6-8-22(9-7-21)23-10-12-26(32)25(14-23)30(34)35;29-24-13-10-22(11-14-24)27(32)30(17-19-4-2-1-3-5-19)18-20-6-8-21(9-7-20)23-12-15-26(31)25(16-23)28(33)34;29-23-11-9-19(13-22(23)27(31)32)18-7-5-17(6-8-18)15-28(21-3-1-2-4-21)26(30)20-10-12-24-25(14-20)34-16-33-24;;;/h2-15,32H,16-18H2,1H3,(H,34,35);1-16,31H,17-18H2,(H,33,34);5-14,21,29H,1-4,15-16H2,(H,31,32);3*1H4. The Morgan fingerprint density at radius 2 is 0.685 bits per heavy atom. The summed E-state index contributed by atoms with van der Waals surface area (Å²) in [6, 6.07) is 72.4. The van der Waals surface area contributed by atoms with E-state index in [1.165, 1.54) is 36.4 Å². The van der Waals surface area contributed by atoms with Gasteiger partial charge < -0.3 is 64.3 Å². The summed E-state index contributed by atoms with van der Waals surface area (Å²) < 4.78 is 22.6. The first-order chi connectivity index (χ1) is 50.8. The highest BCUT2D eigenvalue weighted by molar-refractivity contribution is 9.10. The number of ether oxygens (including phenoxy) is 4. The molecule has 0 saturated heterocycles. The van der Waals surface area contributed by atoms with Crippen LogP contribution in [-0.2, 0) is 32.7 Å². The van der Waals surface area contributed by atoms with Gasteiger partial charge in [0.15, 0.2) is 23.0 Å². The van der Waals surface area contributed by atoms with Crippen molar-refractivity contribution in [2.24, 2.45) is 0 Å². The van der Waals surface area contributed by atoms with Gasteiger partial charge in [-0.1, -0.05) is 202 Å². The summed E-state index contributed by atoms with van der Waals surface area (Å²) >= 11 is 3.41. The van der Waals surface area contributed by atoms with Gasteiger partial charge in [-0.25, -0.2) is 14.4 Å². The fraction of sp³-hybridized carbons (Fsp3) is 0.182. The number of aromatic hydroxyl groups is 3.